The number of hydrogen-bond donors (Lipinski definition) is 2. The lowest BCUT2D eigenvalue weighted by atomic mass is 10.1. The van der Waals surface area contributed by atoms with Crippen molar-refractivity contribution in [2.45, 2.75) is 19.4 Å². The van der Waals surface area contributed by atoms with Crippen LogP contribution in [-0.4, -0.2) is 11.9 Å². The molecule has 2 rings (SSSR count). The fourth-order valence-corrected chi connectivity index (χ4v) is 1.80. The second kappa shape index (κ2) is 6.16. The highest BCUT2D eigenvalue weighted by Gasteiger charge is 2.10. The topological polar surface area (TPSA) is 55.1 Å². The van der Waals surface area contributed by atoms with Gasteiger partial charge in [-0.1, -0.05) is 49.4 Å². The van der Waals surface area contributed by atoms with E-state index in [4.69, 9.17) is 5.73 Å². The van der Waals surface area contributed by atoms with Crippen LogP contribution in [0.5, 0.6) is 0 Å². The first-order valence-electron chi connectivity index (χ1n) is 6.42. The molecule has 1 atom stereocenters. The van der Waals surface area contributed by atoms with Crippen molar-refractivity contribution in [1.29, 1.82) is 0 Å². The zero-order valence-electron chi connectivity index (χ0n) is 11.0. The lowest BCUT2D eigenvalue weighted by molar-refractivity contribution is -0.117. The van der Waals surface area contributed by atoms with Crippen molar-refractivity contribution in [2.24, 2.45) is 5.73 Å². The SMILES string of the molecule is CC[C@H](N)C(=O)Nc1ccc(-c2ccccc2)cc1. The maximum atomic E-state index is 11.7. The Kier molecular flexibility index (Phi) is 4.31. The molecular formula is C16H18N2O. The van der Waals surface area contributed by atoms with Crippen molar-refractivity contribution >= 4 is 11.6 Å². The summed E-state index contributed by atoms with van der Waals surface area (Å²) < 4.78 is 0. The van der Waals surface area contributed by atoms with E-state index in [0.717, 1.165) is 16.8 Å². The number of carbonyl (C=O) groups is 1. The van der Waals surface area contributed by atoms with Crippen LogP contribution in [0.1, 0.15) is 13.3 Å². The Bertz CT molecular complexity index is 534. The van der Waals surface area contributed by atoms with Gasteiger partial charge in [0, 0.05) is 5.69 Å². The number of rotatable bonds is 4. The minimum absolute atomic E-state index is 0.144. The number of nitrogens with one attached hydrogen (secondary N) is 1. The summed E-state index contributed by atoms with van der Waals surface area (Å²) in [6, 6.07) is 17.4. The number of carbonyl (C=O) groups excluding carboxylic acids is 1. The molecular weight excluding hydrogens is 236 g/mol. The van der Waals surface area contributed by atoms with Crippen molar-refractivity contribution in [3.8, 4) is 11.1 Å². The Labute approximate surface area is 113 Å². The molecule has 98 valence electrons. The van der Waals surface area contributed by atoms with Crippen LogP contribution in [0, 0.1) is 0 Å². The summed E-state index contributed by atoms with van der Waals surface area (Å²) in [5, 5.41) is 2.81. The van der Waals surface area contributed by atoms with Gasteiger partial charge in [-0.05, 0) is 29.7 Å². The molecule has 0 radical (unpaired) electrons. The molecule has 0 heterocycles. The summed E-state index contributed by atoms with van der Waals surface area (Å²) in [6.07, 6.45) is 0.633. The van der Waals surface area contributed by atoms with Crippen molar-refractivity contribution < 1.29 is 4.79 Å². The zero-order valence-corrected chi connectivity index (χ0v) is 11.0. The fourth-order valence-electron chi connectivity index (χ4n) is 1.80. The third kappa shape index (κ3) is 3.42. The van der Waals surface area contributed by atoms with E-state index < -0.39 is 6.04 Å². The van der Waals surface area contributed by atoms with E-state index in [-0.39, 0.29) is 5.91 Å². The lowest BCUT2D eigenvalue weighted by Crippen LogP contribution is -2.34. The van der Waals surface area contributed by atoms with E-state index in [1.165, 1.54) is 0 Å². The summed E-state index contributed by atoms with van der Waals surface area (Å²) in [4.78, 5) is 11.7. The average molecular weight is 254 g/mol. The van der Waals surface area contributed by atoms with Gasteiger partial charge in [0.15, 0.2) is 0 Å². The average Bonchev–Trinajstić information content (AvgIpc) is 2.48. The smallest absolute Gasteiger partial charge is 0.241 e. The maximum Gasteiger partial charge on any atom is 0.241 e. The molecule has 3 N–H and O–H groups in total. The number of nitrogens with two attached hydrogens (primary N) is 1. The van der Waals surface area contributed by atoms with Crippen molar-refractivity contribution in [2.75, 3.05) is 5.32 Å². The van der Waals surface area contributed by atoms with Crippen LogP contribution >= 0.6 is 0 Å². The van der Waals surface area contributed by atoms with Gasteiger partial charge in [0.25, 0.3) is 0 Å². The normalized spacial score (nSPS) is 11.9. The molecule has 0 aliphatic carbocycles. The van der Waals surface area contributed by atoms with Crippen LogP contribution < -0.4 is 11.1 Å². The quantitative estimate of drug-likeness (QED) is 0.881. The van der Waals surface area contributed by atoms with Crippen LogP contribution in [-0.2, 0) is 4.79 Å². The maximum absolute atomic E-state index is 11.7. The minimum atomic E-state index is -0.450. The molecule has 2 aromatic carbocycles. The second-order valence-corrected chi connectivity index (χ2v) is 4.45. The van der Waals surface area contributed by atoms with Gasteiger partial charge in [-0.2, -0.15) is 0 Å². The number of hydrogen-bond acceptors (Lipinski definition) is 2. The molecule has 0 aromatic heterocycles. The van der Waals surface area contributed by atoms with Crippen LogP contribution in [0.25, 0.3) is 11.1 Å². The van der Waals surface area contributed by atoms with Gasteiger partial charge in [-0.25, -0.2) is 0 Å². The first kappa shape index (κ1) is 13.3. The second-order valence-electron chi connectivity index (χ2n) is 4.45. The Morgan fingerprint density at radius 2 is 1.63 bits per heavy atom. The van der Waals surface area contributed by atoms with E-state index in [0.29, 0.717) is 6.42 Å². The van der Waals surface area contributed by atoms with Gasteiger partial charge in [0.1, 0.15) is 0 Å². The van der Waals surface area contributed by atoms with Gasteiger partial charge in [-0.15, -0.1) is 0 Å². The first-order valence-corrected chi connectivity index (χ1v) is 6.42. The number of benzene rings is 2. The summed E-state index contributed by atoms with van der Waals surface area (Å²) >= 11 is 0. The Morgan fingerprint density at radius 1 is 1.05 bits per heavy atom. The summed E-state index contributed by atoms with van der Waals surface area (Å²) in [5.41, 5.74) is 8.73. The van der Waals surface area contributed by atoms with Crippen LogP contribution in [0.2, 0.25) is 0 Å². The molecule has 0 saturated carbocycles. The Hall–Kier alpha value is -2.13. The van der Waals surface area contributed by atoms with E-state index >= 15 is 0 Å². The molecule has 0 unspecified atom stereocenters. The highest BCUT2D eigenvalue weighted by molar-refractivity contribution is 5.94. The summed E-state index contributed by atoms with van der Waals surface area (Å²) in [7, 11) is 0. The molecule has 3 nitrogen and oxygen atoms in total. The molecule has 0 saturated heterocycles. The first-order chi connectivity index (χ1) is 9.20. The molecule has 0 aliphatic heterocycles. The molecule has 0 aliphatic rings. The molecule has 3 heteroatoms. The Balaban J connectivity index is 2.09. The molecule has 0 bridgehead atoms. The number of anilines is 1. The van der Waals surface area contributed by atoms with Crippen LogP contribution in [0.4, 0.5) is 5.69 Å². The lowest BCUT2D eigenvalue weighted by Gasteiger charge is -2.10. The zero-order chi connectivity index (χ0) is 13.7. The van der Waals surface area contributed by atoms with Crippen molar-refractivity contribution in [1.82, 2.24) is 0 Å². The van der Waals surface area contributed by atoms with Gasteiger partial charge >= 0.3 is 0 Å². The summed E-state index contributed by atoms with van der Waals surface area (Å²) in [6.45, 7) is 1.89. The van der Waals surface area contributed by atoms with Crippen LogP contribution in [0.3, 0.4) is 0 Å². The standard InChI is InChI=1S/C16H18N2O/c1-2-15(17)16(19)18-14-10-8-13(9-11-14)12-6-4-3-5-7-12/h3-11,15H,2,17H2,1H3,(H,18,19)/t15-/m0/s1. The molecule has 0 fully saturated rings. The monoisotopic (exact) mass is 254 g/mol. The van der Waals surface area contributed by atoms with Crippen LogP contribution in [0.15, 0.2) is 54.6 Å². The van der Waals surface area contributed by atoms with Gasteiger partial charge < -0.3 is 11.1 Å². The third-order valence-electron chi connectivity index (χ3n) is 3.04. The fraction of sp³-hybridized carbons (Fsp3) is 0.188. The molecule has 2 aromatic rings. The molecule has 19 heavy (non-hydrogen) atoms. The molecule has 1 amide bonds. The number of amides is 1. The summed E-state index contributed by atoms with van der Waals surface area (Å²) in [5.74, 6) is -0.144. The van der Waals surface area contributed by atoms with E-state index in [9.17, 15) is 4.79 Å². The van der Waals surface area contributed by atoms with Gasteiger partial charge in [-0.3, -0.25) is 4.79 Å². The van der Waals surface area contributed by atoms with Gasteiger partial charge in [0.05, 0.1) is 6.04 Å². The van der Waals surface area contributed by atoms with Gasteiger partial charge in [0.2, 0.25) is 5.91 Å². The largest absolute Gasteiger partial charge is 0.325 e. The Morgan fingerprint density at radius 3 is 2.21 bits per heavy atom. The predicted molar refractivity (Wildman–Crippen MR) is 78.8 cm³/mol. The van der Waals surface area contributed by atoms with Crippen molar-refractivity contribution in [3.05, 3.63) is 54.6 Å². The van der Waals surface area contributed by atoms with E-state index in [2.05, 4.69) is 17.4 Å². The molecule has 0 spiro atoms. The van der Waals surface area contributed by atoms with E-state index in [1.807, 2.05) is 49.4 Å². The highest BCUT2D eigenvalue weighted by atomic mass is 16.2. The third-order valence-corrected chi connectivity index (χ3v) is 3.04. The highest BCUT2D eigenvalue weighted by Crippen LogP contribution is 2.20. The predicted octanol–water partition coefficient (Wildman–Crippen LogP) is 3.03. The minimum Gasteiger partial charge on any atom is -0.325 e. The van der Waals surface area contributed by atoms with Crippen molar-refractivity contribution in [3.63, 3.8) is 0 Å². The van der Waals surface area contributed by atoms with E-state index in [1.54, 1.807) is 0 Å².